The van der Waals surface area contributed by atoms with Gasteiger partial charge in [0.15, 0.2) is 0 Å². The molecule has 0 N–H and O–H groups in total. The van der Waals surface area contributed by atoms with Crippen LogP contribution in [0, 0.1) is 5.92 Å². The smallest absolute Gasteiger partial charge is 0.0266 e. The molecule has 0 fully saturated rings. The fourth-order valence-corrected chi connectivity index (χ4v) is 1.68. The number of allylic oxidation sites excluding steroid dienone is 2. The fourth-order valence-electron chi connectivity index (χ4n) is 1.68. The zero-order valence-corrected chi connectivity index (χ0v) is 11.2. The molecule has 0 bridgehead atoms. The van der Waals surface area contributed by atoms with Gasteiger partial charge < -0.3 is 0 Å². The Morgan fingerprint density at radius 1 is 1.31 bits per heavy atom. The van der Waals surface area contributed by atoms with Crippen LogP contribution in [-0.2, 0) is 0 Å². The van der Waals surface area contributed by atoms with Gasteiger partial charge in [0.1, 0.15) is 0 Å². The van der Waals surface area contributed by atoms with Crippen molar-refractivity contribution in [1.82, 2.24) is 0 Å². The largest absolute Gasteiger partial charge is 0.269 e. The summed E-state index contributed by atoms with van der Waals surface area (Å²) in [5.74, 6) is 0.749. The summed E-state index contributed by atoms with van der Waals surface area (Å²) in [7, 11) is 0. The Hall–Kier alpha value is -0.850. The molecule has 0 aromatic carbocycles. The molecule has 1 atom stereocenters. The van der Waals surface area contributed by atoms with Gasteiger partial charge in [-0.25, -0.2) is 0 Å². The Morgan fingerprint density at radius 3 is 2.69 bits per heavy atom. The van der Waals surface area contributed by atoms with Crippen LogP contribution in [0.5, 0.6) is 0 Å². The lowest BCUT2D eigenvalue weighted by molar-refractivity contribution is 0.495. The normalized spacial score (nSPS) is 13.7. The molecule has 1 unspecified atom stereocenters. The first-order valence-corrected chi connectivity index (χ1v) is 6.56. The summed E-state index contributed by atoms with van der Waals surface area (Å²) in [5, 5.41) is 0. The third kappa shape index (κ3) is 9.70. The zero-order valence-electron chi connectivity index (χ0n) is 11.2. The van der Waals surface area contributed by atoms with E-state index in [9.17, 15) is 0 Å². The van der Waals surface area contributed by atoms with Gasteiger partial charge >= 0.3 is 0 Å². The molecule has 0 aromatic heterocycles. The Kier molecular flexibility index (Phi) is 10.1. The van der Waals surface area contributed by atoms with Gasteiger partial charge in [0.2, 0.25) is 0 Å². The van der Waals surface area contributed by atoms with Gasteiger partial charge in [0.25, 0.3) is 0 Å². The van der Waals surface area contributed by atoms with Crippen molar-refractivity contribution in [3.63, 3.8) is 0 Å². The van der Waals surface area contributed by atoms with Crippen molar-refractivity contribution in [2.45, 2.75) is 59.3 Å². The lowest BCUT2D eigenvalue weighted by Crippen LogP contribution is -1.95. The molecule has 16 heavy (non-hydrogen) atoms. The molecular formula is C15H27N. The average Bonchev–Trinajstić information content (AvgIpc) is 2.25. The molecule has 92 valence electrons. The number of hydrogen-bond acceptors (Lipinski definition) is 1. The standard InChI is InChI=1S/C15H27N/c1-5-7-8-9-14(3)13-15(4)10-12-16-11-6-2/h10-12,14H,4-9,13H2,1-3H3/b12-10-,16-11?. The summed E-state index contributed by atoms with van der Waals surface area (Å²) in [4.78, 5) is 4.15. The minimum atomic E-state index is 0.749. The third-order valence-corrected chi connectivity index (χ3v) is 2.60. The van der Waals surface area contributed by atoms with Crippen LogP contribution >= 0.6 is 0 Å². The minimum Gasteiger partial charge on any atom is -0.269 e. The lowest BCUT2D eigenvalue weighted by atomic mass is 9.96. The van der Waals surface area contributed by atoms with E-state index in [2.05, 4.69) is 32.3 Å². The molecule has 1 nitrogen and oxygen atoms in total. The Labute approximate surface area is 101 Å². The third-order valence-electron chi connectivity index (χ3n) is 2.60. The highest BCUT2D eigenvalue weighted by atomic mass is 14.7. The van der Waals surface area contributed by atoms with E-state index in [-0.39, 0.29) is 0 Å². The molecular weight excluding hydrogens is 194 g/mol. The first kappa shape index (κ1) is 15.2. The van der Waals surface area contributed by atoms with E-state index in [1.165, 1.54) is 31.3 Å². The van der Waals surface area contributed by atoms with Gasteiger partial charge in [-0.3, -0.25) is 4.99 Å². The lowest BCUT2D eigenvalue weighted by Gasteiger charge is -2.10. The zero-order chi connectivity index (χ0) is 12.2. The summed E-state index contributed by atoms with van der Waals surface area (Å²) in [6, 6.07) is 0. The first-order valence-electron chi connectivity index (χ1n) is 6.56. The topological polar surface area (TPSA) is 12.4 Å². The van der Waals surface area contributed by atoms with E-state index in [1.807, 2.05) is 18.5 Å². The molecule has 0 amide bonds. The maximum atomic E-state index is 4.15. The predicted molar refractivity (Wildman–Crippen MR) is 75.0 cm³/mol. The molecule has 0 spiro atoms. The van der Waals surface area contributed by atoms with Crippen LogP contribution in [0.15, 0.2) is 29.4 Å². The van der Waals surface area contributed by atoms with E-state index in [1.54, 1.807) is 0 Å². The Balaban J connectivity index is 3.69. The summed E-state index contributed by atoms with van der Waals surface area (Å²) in [6.45, 7) is 10.7. The molecule has 0 radical (unpaired) electrons. The highest BCUT2D eigenvalue weighted by Gasteiger charge is 2.02. The molecule has 0 saturated carbocycles. The number of nitrogens with zero attached hydrogens (tertiary/aromatic N) is 1. The van der Waals surface area contributed by atoms with Crippen LogP contribution in [0.1, 0.15) is 59.3 Å². The van der Waals surface area contributed by atoms with E-state index in [0.717, 1.165) is 18.8 Å². The summed E-state index contributed by atoms with van der Waals surface area (Å²) in [6.07, 6.45) is 13.2. The van der Waals surface area contributed by atoms with Gasteiger partial charge in [-0.05, 0) is 24.8 Å². The molecule has 0 heterocycles. The average molecular weight is 221 g/mol. The van der Waals surface area contributed by atoms with Crippen LogP contribution in [-0.4, -0.2) is 6.21 Å². The monoisotopic (exact) mass is 221 g/mol. The SMILES string of the molecule is C=C(/C=C\N=CCC)CC(C)CCCCC. The van der Waals surface area contributed by atoms with Gasteiger partial charge in [-0.1, -0.05) is 58.6 Å². The van der Waals surface area contributed by atoms with E-state index < -0.39 is 0 Å². The van der Waals surface area contributed by atoms with Gasteiger partial charge in [-0.15, -0.1) is 0 Å². The second-order valence-corrected chi connectivity index (χ2v) is 4.52. The summed E-state index contributed by atoms with van der Waals surface area (Å²) < 4.78 is 0. The summed E-state index contributed by atoms with van der Waals surface area (Å²) >= 11 is 0. The molecule has 0 aliphatic heterocycles. The maximum absolute atomic E-state index is 4.15. The molecule has 0 rings (SSSR count). The second kappa shape index (κ2) is 10.7. The predicted octanol–water partition coefficient (Wildman–Crippen LogP) is 5.14. The molecule has 0 aromatic rings. The van der Waals surface area contributed by atoms with E-state index >= 15 is 0 Å². The first-order chi connectivity index (χ1) is 7.70. The highest BCUT2D eigenvalue weighted by molar-refractivity contribution is 5.57. The fraction of sp³-hybridized carbons (Fsp3) is 0.667. The van der Waals surface area contributed by atoms with Crippen molar-refractivity contribution in [3.05, 3.63) is 24.4 Å². The van der Waals surface area contributed by atoms with Crippen molar-refractivity contribution < 1.29 is 0 Å². The van der Waals surface area contributed by atoms with Crippen LogP contribution < -0.4 is 0 Å². The van der Waals surface area contributed by atoms with Crippen LogP contribution in [0.3, 0.4) is 0 Å². The Bertz CT molecular complexity index is 226. The van der Waals surface area contributed by atoms with Gasteiger partial charge in [-0.2, -0.15) is 0 Å². The van der Waals surface area contributed by atoms with Gasteiger partial charge in [0.05, 0.1) is 0 Å². The molecule has 0 aliphatic carbocycles. The number of rotatable bonds is 9. The van der Waals surface area contributed by atoms with Crippen LogP contribution in [0.4, 0.5) is 0 Å². The van der Waals surface area contributed by atoms with Crippen molar-refractivity contribution in [1.29, 1.82) is 0 Å². The summed E-state index contributed by atoms with van der Waals surface area (Å²) in [5.41, 5.74) is 1.19. The van der Waals surface area contributed by atoms with Crippen molar-refractivity contribution in [2.24, 2.45) is 10.9 Å². The Morgan fingerprint density at radius 2 is 2.06 bits per heavy atom. The van der Waals surface area contributed by atoms with Gasteiger partial charge in [0, 0.05) is 12.4 Å². The number of hydrogen-bond donors (Lipinski definition) is 0. The van der Waals surface area contributed by atoms with Crippen LogP contribution in [0.25, 0.3) is 0 Å². The quantitative estimate of drug-likeness (QED) is 0.290. The molecule has 0 aliphatic rings. The molecule has 0 saturated heterocycles. The number of unbranched alkanes of at least 4 members (excludes halogenated alkanes) is 2. The van der Waals surface area contributed by atoms with Crippen molar-refractivity contribution in [2.75, 3.05) is 0 Å². The molecule has 1 heteroatoms. The second-order valence-electron chi connectivity index (χ2n) is 4.52. The minimum absolute atomic E-state index is 0.749. The van der Waals surface area contributed by atoms with E-state index in [4.69, 9.17) is 0 Å². The van der Waals surface area contributed by atoms with Crippen LogP contribution in [0.2, 0.25) is 0 Å². The van der Waals surface area contributed by atoms with Crippen molar-refractivity contribution >= 4 is 6.21 Å². The maximum Gasteiger partial charge on any atom is 0.0266 e. The highest BCUT2D eigenvalue weighted by Crippen LogP contribution is 2.17. The number of aliphatic imine (C=N–C) groups is 1. The van der Waals surface area contributed by atoms with Crippen molar-refractivity contribution in [3.8, 4) is 0 Å². The van der Waals surface area contributed by atoms with E-state index in [0.29, 0.717) is 0 Å².